The molecular weight excluding hydrogens is 1200 g/mol. The Labute approximate surface area is 488 Å². The molecule has 0 bridgehead atoms. The number of carbonyl (C=O) groups excluding carboxylic acids is 2. The summed E-state index contributed by atoms with van der Waals surface area (Å²) in [6.45, 7) is -2.56. The predicted octanol–water partition coefficient (Wildman–Crippen LogP) is -14.5. The minimum Gasteiger partial charge on any atom is -0.394 e. The molecule has 0 spiro atoms. The molecule has 502 valence electrons. The van der Waals surface area contributed by atoms with E-state index in [2.05, 4.69) is 14.8 Å². The summed E-state index contributed by atoms with van der Waals surface area (Å²) in [4.78, 5) is 25.3. The Balaban J connectivity index is 1.31. The first-order chi connectivity index (χ1) is 40.3. The highest BCUT2D eigenvalue weighted by molar-refractivity contribution is 7.80. The van der Waals surface area contributed by atoms with Gasteiger partial charge in [0.05, 0.1) is 57.9 Å². The highest BCUT2D eigenvalue weighted by Crippen LogP contribution is 2.37. The zero-order valence-electron chi connectivity index (χ0n) is 46.2. The summed E-state index contributed by atoms with van der Waals surface area (Å²) in [6.07, 6.45) is -64.5. The number of aliphatic hydroxyl groups excluding tert-OH is 19. The second-order valence-corrected chi connectivity index (χ2v) is 22.4. The second-order valence-electron chi connectivity index (χ2n) is 21.3. The highest BCUT2D eigenvalue weighted by atomic mass is 32.3. The Morgan fingerprint density at radius 1 is 0.488 bits per heavy atom. The van der Waals surface area contributed by atoms with E-state index >= 15 is 0 Å². The van der Waals surface area contributed by atoms with Gasteiger partial charge in [0.1, 0.15) is 153 Å². The standard InChI is InChI=1S/C46H80N2O37S/c1-11-22(56)29(63)33(67)42(75-11)84-39-32(66)26(60)18(7-51)78-45(39)82-37-20(10-74-86(70,71)72)80-41(21(28(37)62)48-14(4)54)73-9-16(55)24(58)36(15(5-49)47-13(3)53)81-46-40(85-43-34(68)30(64)23(57)12(2)76-43)38(27(61)19(8-52)79-46)83-44-35(69)31(65)25(59)17(6-50)77-44/h11-12,15-46,49-52,55-69H,5-10H2,1-4H3,(H,47,53)(H,48,54)(H,70,71,72)/t11-,12-,15-,16+,17+,18+,19+,20+,21+,22+,23+,24-,25-,26-,27-,28+,29+,30+,31-,32-,33-,34-,35+,36+,37+,38-,39+,40+,41+,42-,43-,44+,45-,46-/m0/s1. The van der Waals surface area contributed by atoms with Crippen molar-refractivity contribution in [1.82, 2.24) is 10.6 Å². The average molecular weight is 1290 g/mol. The van der Waals surface area contributed by atoms with Crippen molar-refractivity contribution < 1.29 is 181 Å². The van der Waals surface area contributed by atoms with E-state index in [0.29, 0.717) is 0 Å². The summed E-state index contributed by atoms with van der Waals surface area (Å²) in [5.41, 5.74) is 0. The van der Waals surface area contributed by atoms with Crippen LogP contribution in [0.5, 0.6) is 0 Å². The number of nitrogens with one attached hydrogen (secondary N) is 2. The van der Waals surface area contributed by atoms with Gasteiger partial charge in [-0.2, -0.15) is 8.42 Å². The zero-order chi connectivity index (χ0) is 64.1. The summed E-state index contributed by atoms with van der Waals surface area (Å²) in [5.74, 6) is -1.89. The number of carbonyl (C=O) groups is 2. The second kappa shape index (κ2) is 31.3. The lowest BCUT2D eigenvalue weighted by Crippen LogP contribution is -2.69. The molecule has 0 aromatic heterocycles. The monoisotopic (exact) mass is 1280 g/mol. The van der Waals surface area contributed by atoms with Crippen LogP contribution in [0.1, 0.15) is 27.7 Å². The van der Waals surface area contributed by atoms with E-state index in [1.54, 1.807) is 0 Å². The van der Waals surface area contributed by atoms with Crippen molar-refractivity contribution in [2.75, 3.05) is 39.6 Å². The lowest BCUT2D eigenvalue weighted by molar-refractivity contribution is -0.396. The first-order valence-electron chi connectivity index (χ1n) is 26.9. The van der Waals surface area contributed by atoms with Gasteiger partial charge in [-0.1, -0.05) is 0 Å². The molecule has 0 radical (unpaired) electrons. The van der Waals surface area contributed by atoms with Gasteiger partial charge in [-0.25, -0.2) is 4.18 Å². The third kappa shape index (κ3) is 17.0. The summed E-state index contributed by atoms with van der Waals surface area (Å²) in [6, 6.07) is -3.80. The first kappa shape index (κ1) is 72.6. The minimum atomic E-state index is -5.41. The van der Waals surface area contributed by atoms with E-state index in [1.165, 1.54) is 13.8 Å². The lowest BCUT2D eigenvalue weighted by atomic mass is 9.95. The normalized spacial score (nSPS) is 45.8. The third-order valence-corrected chi connectivity index (χ3v) is 15.5. The van der Waals surface area contributed by atoms with Crippen molar-refractivity contribution in [3.63, 3.8) is 0 Å². The Bertz CT molecular complexity index is 2240. The molecular formula is C46H80N2O37S. The summed E-state index contributed by atoms with van der Waals surface area (Å²) in [5, 5.41) is 211. The molecule has 22 N–H and O–H groups in total. The van der Waals surface area contributed by atoms with E-state index in [0.717, 1.165) is 13.8 Å². The molecule has 0 saturated carbocycles. The maximum Gasteiger partial charge on any atom is 0.397 e. The van der Waals surface area contributed by atoms with Crippen LogP contribution in [0, 0.1) is 0 Å². The van der Waals surface area contributed by atoms with Crippen molar-refractivity contribution in [3.05, 3.63) is 0 Å². The Hall–Kier alpha value is -2.43. The van der Waals surface area contributed by atoms with Gasteiger partial charge in [0.15, 0.2) is 37.7 Å². The fourth-order valence-corrected chi connectivity index (χ4v) is 10.6. The topological polar surface area (TPSA) is 617 Å². The zero-order valence-corrected chi connectivity index (χ0v) is 47.0. The molecule has 6 fully saturated rings. The maximum atomic E-state index is 12.7. The smallest absolute Gasteiger partial charge is 0.394 e. The Morgan fingerprint density at radius 3 is 1.43 bits per heavy atom. The molecule has 86 heavy (non-hydrogen) atoms. The average Bonchev–Trinajstić information content (AvgIpc) is 0.979. The summed E-state index contributed by atoms with van der Waals surface area (Å²) in [7, 11) is -5.41. The van der Waals surface area contributed by atoms with Gasteiger partial charge in [-0.3, -0.25) is 14.1 Å². The van der Waals surface area contributed by atoms with Gasteiger partial charge < -0.3 is 164 Å². The molecule has 6 rings (SSSR count). The quantitative estimate of drug-likeness (QED) is 0.0377. The van der Waals surface area contributed by atoms with E-state index in [1.807, 2.05) is 0 Å². The molecule has 6 heterocycles. The van der Waals surface area contributed by atoms with E-state index in [4.69, 9.17) is 56.8 Å². The highest BCUT2D eigenvalue weighted by Gasteiger charge is 2.58. The molecule has 6 aliphatic heterocycles. The molecule has 40 heteroatoms. The van der Waals surface area contributed by atoms with Crippen molar-refractivity contribution in [3.8, 4) is 0 Å². The molecule has 39 nitrogen and oxygen atoms in total. The van der Waals surface area contributed by atoms with Crippen LogP contribution in [0.15, 0.2) is 0 Å². The SMILES string of the molecule is CC(=O)N[C@H]1[C@H](OC[C@@H](O)[C@H](O)[C@H](O[C@@H]2O[C@H](CO)[C@H](O)[C@H](O[C@H]3O[C@H](CO)[C@H](O)[C@H](O)[C@H]3O)[C@H]2O[C@@H]2O[C@@H](C)[C@@H](O)[C@@H](O)[C@@H]2O)[C@H](CO)NC(C)=O)O[C@H](COS(=O)(=O)O)[C@@H](O[C@@H]2O[C@H](CO)[C@H](O)[C@H](O)[C@H]2O[C@@H]2O[C@@H](C)[C@@H](O)[C@@H](O)[C@@H]2O)[C@@H]1O. The van der Waals surface area contributed by atoms with Crippen LogP contribution in [0.25, 0.3) is 0 Å². The van der Waals surface area contributed by atoms with Gasteiger partial charge in [0, 0.05) is 13.8 Å². The molecule has 0 aromatic carbocycles. The Morgan fingerprint density at radius 2 is 0.930 bits per heavy atom. The van der Waals surface area contributed by atoms with Crippen molar-refractivity contribution in [1.29, 1.82) is 0 Å². The number of rotatable bonds is 25. The number of hydrogen-bond donors (Lipinski definition) is 22. The van der Waals surface area contributed by atoms with Crippen LogP contribution in [0.4, 0.5) is 0 Å². The van der Waals surface area contributed by atoms with Gasteiger partial charge in [0.25, 0.3) is 0 Å². The van der Waals surface area contributed by atoms with Gasteiger partial charge >= 0.3 is 10.4 Å². The number of aliphatic hydroxyl groups is 19. The number of amides is 2. The predicted molar refractivity (Wildman–Crippen MR) is 265 cm³/mol. The van der Waals surface area contributed by atoms with Crippen LogP contribution >= 0.6 is 0 Å². The number of ether oxygens (including phenoxy) is 12. The molecule has 0 unspecified atom stereocenters. The largest absolute Gasteiger partial charge is 0.397 e. The first-order valence-corrected chi connectivity index (χ1v) is 28.3. The van der Waals surface area contributed by atoms with E-state index in [-0.39, 0.29) is 0 Å². The molecule has 0 aromatic rings. The molecule has 0 aliphatic carbocycles. The van der Waals surface area contributed by atoms with Crippen molar-refractivity contribution in [2.24, 2.45) is 0 Å². The van der Waals surface area contributed by atoms with Crippen LogP contribution in [-0.4, -0.2) is 370 Å². The minimum absolute atomic E-state index is 0.918. The van der Waals surface area contributed by atoms with Crippen molar-refractivity contribution >= 4 is 22.2 Å². The van der Waals surface area contributed by atoms with Crippen LogP contribution in [0.2, 0.25) is 0 Å². The summed E-state index contributed by atoms with van der Waals surface area (Å²) < 4.78 is 107. The van der Waals surface area contributed by atoms with E-state index < -0.39 is 270 Å². The maximum absolute atomic E-state index is 12.7. The fraction of sp³-hybridized carbons (Fsp3) is 0.957. The van der Waals surface area contributed by atoms with Crippen molar-refractivity contribution in [2.45, 2.75) is 236 Å². The van der Waals surface area contributed by atoms with Gasteiger partial charge in [-0.15, -0.1) is 0 Å². The van der Waals surface area contributed by atoms with Crippen LogP contribution in [0.3, 0.4) is 0 Å². The fourth-order valence-electron chi connectivity index (χ4n) is 10.3. The molecule has 34 atom stereocenters. The third-order valence-electron chi connectivity index (χ3n) is 15.1. The van der Waals surface area contributed by atoms with Gasteiger partial charge in [0.2, 0.25) is 11.8 Å². The lowest BCUT2D eigenvalue weighted by Gasteiger charge is -2.50. The number of hydrogen-bond acceptors (Lipinski definition) is 36. The molecule has 6 saturated heterocycles. The molecule has 6 aliphatic rings. The summed E-state index contributed by atoms with van der Waals surface area (Å²) >= 11 is 0. The van der Waals surface area contributed by atoms with Gasteiger partial charge in [-0.05, 0) is 13.8 Å². The van der Waals surface area contributed by atoms with Crippen LogP contribution in [-0.2, 0) is 81.0 Å². The van der Waals surface area contributed by atoms with E-state index in [9.17, 15) is 120 Å². The Kier molecular flexibility index (Phi) is 26.4. The molecule has 2 amide bonds. The van der Waals surface area contributed by atoms with Crippen LogP contribution < -0.4 is 10.6 Å².